The van der Waals surface area contributed by atoms with Crippen LogP contribution >= 0.6 is 0 Å². The Kier molecular flexibility index (Phi) is 3.80. The van der Waals surface area contributed by atoms with Gasteiger partial charge in [0, 0.05) is 23.3 Å². The molecule has 0 fully saturated rings. The number of rotatable bonds is 3. The van der Waals surface area contributed by atoms with Crippen LogP contribution in [0.2, 0.25) is 0 Å². The Labute approximate surface area is 112 Å². The van der Waals surface area contributed by atoms with Crippen molar-refractivity contribution in [3.05, 3.63) is 53.3 Å². The number of nitrogens with one attached hydrogen (secondary N) is 1. The van der Waals surface area contributed by atoms with Crippen molar-refractivity contribution in [1.82, 2.24) is 4.98 Å². The number of aryl methyl sites for hydroxylation is 2. The molecule has 1 heterocycles. The summed E-state index contributed by atoms with van der Waals surface area (Å²) in [4.78, 5) is 16.1. The van der Waals surface area contributed by atoms with Gasteiger partial charge in [-0.05, 0) is 43.2 Å². The van der Waals surface area contributed by atoms with E-state index >= 15 is 0 Å². The van der Waals surface area contributed by atoms with Crippen LogP contribution in [0.3, 0.4) is 0 Å². The molecule has 2 aromatic rings. The third kappa shape index (κ3) is 3.10. The van der Waals surface area contributed by atoms with Gasteiger partial charge in [0.05, 0.1) is 5.56 Å². The smallest absolute Gasteiger partial charge is 0.257 e. The fourth-order valence-corrected chi connectivity index (χ4v) is 1.80. The lowest BCUT2D eigenvalue weighted by atomic mass is 10.1. The highest BCUT2D eigenvalue weighted by atomic mass is 16.1. The molecule has 2 rings (SSSR count). The van der Waals surface area contributed by atoms with Gasteiger partial charge in [-0.15, -0.1) is 0 Å². The zero-order valence-electron chi connectivity index (χ0n) is 11.1. The number of anilines is 2. The number of hydrogen-bond donors (Lipinski definition) is 2. The number of aromatic nitrogens is 1. The van der Waals surface area contributed by atoms with Gasteiger partial charge in [-0.1, -0.05) is 13.0 Å². The number of carbonyl (C=O) groups excluding carboxylic acids is 1. The van der Waals surface area contributed by atoms with Crippen LogP contribution in [0.25, 0.3) is 0 Å². The van der Waals surface area contributed by atoms with Crippen LogP contribution in [-0.2, 0) is 6.42 Å². The number of nitrogens with zero attached hydrogens (tertiary/aromatic N) is 1. The molecule has 19 heavy (non-hydrogen) atoms. The lowest BCUT2D eigenvalue weighted by Crippen LogP contribution is -2.12. The van der Waals surface area contributed by atoms with Gasteiger partial charge in [-0.3, -0.25) is 9.78 Å². The van der Waals surface area contributed by atoms with E-state index in [4.69, 9.17) is 5.73 Å². The molecule has 1 amide bonds. The van der Waals surface area contributed by atoms with Gasteiger partial charge in [0.1, 0.15) is 0 Å². The predicted octanol–water partition coefficient (Wildman–Crippen LogP) is 2.79. The second-order valence-corrected chi connectivity index (χ2v) is 4.41. The monoisotopic (exact) mass is 255 g/mol. The fourth-order valence-electron chi connectivity index (χ4n) is 1.80. The Hall–Kier alpha value is -2.36. The molecule has 0 atom stereocenters. The molecule has 98 valence electrons. The topological polar surface area (TPSA) is 68.0 Å². The minimum atomic E-state index is -0.184. The van der Waals surface area contributed by atoms with Crippen molar-refractivity contribution >= 4 is 17.3 Å². The maximum atomic E-state index is 12.0. The molecule has 4 nitrogen and oxygen atoms in total. The number of nitrogens with two attached hydrogens (primary N) is 1. The number of benzene rings is 1. The first-order chi connectivity index (χ1) is 9.10. The van der Waals surface area contributed by atoms with Gasteiger partial charge in [0.15, 0.2) is 0 Å². The van der Waals surface area contributed by atoms with Gasteiger partial charge in [0.25, 0.3) is 5.91 Å². The van der Waals surface area contributed by atoms with Gasteiger partial charge in [-0.2, -0.15) is 0 Å². The molecule has 0 bridgehead atoms. The second-order valence-electron chi connectivity index (χ2n) is 4.41. The molecule has 4 heteroatoms. The average Bonchev–Trinajstić information content (AvgIpc) is 2.39. The van der Waals surface area contributed by atoms with E-state index < -0.39 is 0 Å². The first kappa shape index (κ1) is 13.1. The van der Waals surface area contributed by atoms with Gasteiger partial charge >= 0.3 is 0 Å². The van der Waals surface area contributed by atoms with E-state index in [1.54, 1.807) is 18.3 Å². The van der Waals surface area contributed by atoms with E-state index in [0.29, 0.717) is 16.9 Å². The van der Waals surface area contributed by atoms with Crippen LogP contribution in [0.5, 0.6) is 0 Å². The lowest BCUT2D eigenvalue weighted by Gasteiger charge is -2.08. The van der Waals surface area contributed by atoms with Crippen LogP contribution in [-0.4, -0.2) is 10.9 Å². The van der Waals surface area contributed by atoms with E-state index in [9.17, 15) is 4.79 Å². The first-order valence-electron chi connectivity index (χ1n) is 6.22. The standard InChI is InChI=1S/C15H17N3O/c1-3-11-6-7-13(8-14(11)16)18-15(19)12-5-4-10(2)17-9-12/h4-9H,3,16H2,1-2H3,(H,18,19). The van der Waals surface area contributed by atoms with E-state index in [-0.39, 0.29) is 5.91 Å². The summed E-state index contributed by atoms with van der Waals surface area (Å²) < 4.78 is 0. The SMILES string of the molecule is CCc1ccc(NC(=O)c2ccc(C)nc2)cc1N. The summed E-state index contributed by atoms with van der Waals surface area (Å²) in [5, 5.41) is 2.81. The number of carbonyl (C=O) groups is 1. The molecule has 0 aliphatic rings. The van der Waals surface area contributed by atoms with Crippen molar-refractivity contribution in [2.45, 2.75) is 20.3 Å². The maximum Gasteiger partial charge on any atom is 0.257 e. The van der Waals surface area contributed by atoms with Crippen LogP contribution < -0.4 is 11.1 Å². The Balaban J connectivity index is 2.14. The maximum absolute atomic E-state index is 12.0. The summed E-state index contributed by atoms with van der Waals surface area (Å²) in [5.74, 6) is -0.184. The van der Waals surface area contributed by atoms with Crippen LogP contribution in [0.4, 0.5) is 11.4 Å². The Morgan fingerprint density at radius 1 is 1.32 bits per heavy atom. The molecule has 0 saturated heterocycles. The Bertz CT molecular complexity index is 591. The van der Waals surface area contributed by atoms with Gasteiger partial charge in [-0.25, -0.2) is 0 Å². The summed E-state index contributed by atoms with van der Waals surface area (Å²) in [6, 6.07) is 9.12. The lowest BCUT2D eigenvalue weighted by molar-refractivity contribution is 0.102. The molecule has 0 radical (unpaired) electrons. The van der Waals surface area contributed by atoms with Crippen LogP contribution in [0.15, 0.2) is 36.5 Å². The number of hydrogen-bond acceptors (Lipinski definition) is 3. The van der Waals surface area contributed by atoms with Gasteiger partial charge < -0.3 is 11.1 Å². The fraction of sp³-hybridized carbons (Fsp3) is 0.200. The highest BCUT2D eigenvalue weighted by molar-refractivity contribution is 6.04. The third-order valence-corrected chi connectivity index (χ3v) is 2.96. The minimum Gasteiger partial charge on any atom is -0.398 e. The first-order valence-corrected chi connectivity index (χ1v) is 6.22. The largest absolute Gasteiger partial charge is 0.398 e. The third-order valence-electron chi connectivity index (χ3n) is 2.96. The highest BCUT2D eigenvalue weighted by Crippen LogP contribution is 2.19. The molecule has 1 aromatic carbocycles. The molecule has 3 N–H and O–H groups in total. The highest BCUT2D eigenvalue weighted by Gasteiger charge is 2.07. The molecule has 0 aliphatic carbocycles. The van der Waals surface area contributed by atoms with Crippen molar-refractivity contribution in [1.29, 1.82) is 0 Å². The van der Waals surface area contributed by atoms with E-state index in [1.165, 1.54) is 0 Å². The van der Waals surface area contributed by atoms with Crippen molar-refractivity contribution in [2.24, 2.45) is 0 Å². The molecule has 0 saturated carbocycles. The second kappa shape index (κ2) is 5.52. The summed E-state index contributed by atoms with van der Waals surface area (Å²) in [7, 11) is 0. The zero-order valence-corrected chi connectivity index (χ0v) is 11.1. The van der Waals surface area contributed by atoms with Crippen molar-refractivity contribution < 1.29 is 4.79 Å². The summed E-state index contributed by atoms with van der Waals surface area (Å²) in [5.41, 5.74) is 9.79. The number of pyridine rings is 1. The molecular formula is C15H17N3O. The zero-order chi connectivity index (χ0) is 13.8. The van der Waals surface area contributed by atoms with Crippen molar-refractivity contribution in [3.8, 4) is 0 Å². The van der Waals surface area contributed by atoms with Crippen molar-refractivity contribution in [3.63, 3.8) is 0 Å². The molecule has 0 spiro atoms. The number of amides is 1. The normalized spacial score (nSPS) is 10.2. The molecule has 0 unspecified atom stereocenters. The average molecular weight is 255 g/mol. The predicted molar refractivity (Wildman–Crippen MR) is 77.2 cm³/mol. The van der Waals surface area contributed by atoms with Crippen molar-refractivity contribution in [2.75, 3.05) is 11.1 Å². The summed E-state index contributed by atoms with van der Waals surface area (Å²) >= 11 is 0. The molecule has 0 aliphatic heterocycles. The van der Waals surface area contributed by atoms with E-state index in [2.05, 4.69) is 10.3 Å². The Morgan fingerprint density at radius 3 is 2.68 bits per heavy atom. The van der Waals surface area contributed by atoms with Gasteiger partial charge in [0.2, 0.25) is 0 Å². The van der Waals surface area contributed by atoms with Crippen LogP contribution in [0, 0.1) is 6.92 Å². The van der Waals surface area contributed by atoms with E-state index in [0.717, 1.165) is 17.7 Å². The minimum absolute atomic E-state index is 0.184. The summed E-state index contributed by atoms with van der Waals surface area (Å²) in [6.45, 7) is 3.92. The molecular weight excluding hydrogens is 238 g/mol. The van der Waals surface area contributed by atoms with Crippen LogP contribution in [0.1, 0.15) is 28.5 Å². The Morgan fingerprint density at radius 2 is 2.11 bits per heavy atom. The number of nitrogen functional groups attached to an aromatic ring is 1. The quantitative estimate of drug-likeness (QED) is 0.829. The van der Waals surface area contributed by atoms with E-state index in [1.807, 2.05) is 32.0 Å². The summed E-state index contributed by atoms with van der Waals surface area (Å²) in [6.07, 6.45) is 2.44. The molecule has 1 aromatic heterocycles.